The summed E-state index contributed by atoms with van der Waals surface area (Å²) < 4.78 is 3.12. The average Bonchev–Trinajstić information content (AvgIpc) is 2.63. The van der Waals surface area contributed by atoms with E-state index in [1.165, 1.54) is 12.8 Å². The van der Waals surface area contributed by atoms with Crippen LogP contribution in [0, 0.1) is 0 Å². The number of halogens is 1. The van der Waals surface area contributed by atoms with Crippen LogP contribution in [0.2, 0.25) is 0 Å². The minimum absolute atomic E-state index is 0. The fraction of sp³-hybridized carbons (Fsp3) is 0.200. The Labute approximate surface area is 122 Å². The van der Waals surface area contributed by atoms with Crippen LogP contribution >= 0.6 is 0 Å². The number of rotatable bonds is 0. The Balaban J connectivity index is 0. The van der Waals surface area contributed by atoms with E-state index >= 15 is 0 Å². The Morgan fingerprint density at radius 3 is 1.38 bits per heavy atom. The van der Waals surface area contributed by atoms with Gasteiger partial charge in [-0.05, 0) is 0 Å². The van der Waals surface area contributed by atoms with E-state index in [-0.39, 0.29) is 18.4 Å². The molecule has 0 fully saturated rings. The van der Waals surface area contributed by atoms with E-state index in [1.807, 2.05) is 0 Å². The molecule has 0 amide bonds. The molecule has 0 saturated carbocycles. The Kier molecular flexibility index (Phi) is 9.30. The van der Waals surface area contributed by atoms with Gasteiger partial charge in [0.1, 0.15) is 0 Å². The second-order valence-electron chi connectivity index (χ2n) is 2.65. The quantitative estimate of drug-likeness (QED) is 0.538. The van der Waals surface area contributed by atoms with Crippen LogP contribution in [0.25, 0.3) is 0 Å². The molecule has 0 spiro atoms. The van der Waals surface area contributed by atoms with Crippen LogP contribution in [-0.2, 0) is 49.4 Å². The van der Waals surface area contributed by atoms with Gasteiger partial charge in [0.2, 0.25) is 0 Å². The molecule has 0 atom stereocenters. The molecule has 0 N–H and O–H groups in total. The maximum atomic E-state index is 2.18. The predicted octanol–water partition coefficient (Wildman–Crippen LogP) is -0.130. The summed E-state index contributed by atoms with van der Waals surface area (Å²) in [4.78, 5) is 0. The van der Waals surface area contributed by atoms with Crippen LogP contribution < -0.4 is 17.0 Å². The molecule has 13 heavy (non-hydrogen) atoms. The molecule has 0 heterocycles. The zero-order chi connectivity index (χ0) is 8.81. The summed E-state index contributed by atoms with van der Waals surface area (Å²) in [6.45, 7) is 0. The number of hydrogen-bond acceptors (Lipinski definition) is 0. The summed E-state index contributed by atoms with van der Waals surface area (Å²) in [6, 6.07) is 0. The molecule has 0 aromatic carbocycles. The zero-order valence-electron chi connectivity index (χ0n) is 8.26. The van der Waals surface area contributed by atoms with Crippen molar-refractivity contribution >= 4 is 0 Å². The van der Waals surface area contributed by atoms with Gasteiger partial charge in [-0.2, -0.15) is 0 Å². The van der Waals surface area contributed by atoms with E-state index in [4.69, 9.17) is 0 Å². The molecule has 0 bridgehead atoms. The van der Waals surface area contributed by atoms with Gasteiger partial charge in [-0.3, -0.25) is 0 Å². The van der Waals surface area contributed by atoms with Crippen LogP contribution in [0.5, 0.6) is 0 Å². The molecule has 0 aromatic heterocycles. The van der Waals surface area contributed by atoms with Gasteiger partial charge in [-0.15, -0.1) is 0 Å². The first-order valence-corrected chi connectivity index (χ1v) is 6.39. The normalized spacial score (nSPS) is 16.8. The standard InChI is InChI=1S/2C5H5.BrH.2Zr.H/c2*1-2-4-5-3-1;;;;/h2*1-3H,4H2;1H;;;/q;;;2*+1;-1/p-1. The number of allylic oxidation sites excluding steroid dienone is 8. The summed E-state index contributed by atoms with van der Waals surface area (Å²) in [5, 5.41) is 0. The van der Waals surface area contributed by atoms with Crippen molar-refractivity contribution in [2.75, 3.05) is 0 Å². The molecule has 3 heteroatoms. The SMILES string of the molecule is [Br-].[H-].[Zr+][C]1=CC=CC1.[Zr+][C]1=CC=CC1. The summed E-state index contributed by atoms with van der Waals surface area (Å²) in [7, 11) is 0. The van der Waals surface area contributed by atoms with Crippen LogP contribution in [0.4, 0.5) is 0 Å². The summed E-state index contributed by atoms with van der Waals surface area (Å²) >= 11 is 3.13. The van der Waals surface area contributed by atoms with Gasteiger partial charge in [-0.1, -0.05) is 0 Å². The Bertz CT molecular complexity index is 239. The molecule has 0 unspecified atom stereocenters. The first-order valence-electron chi connectivity index (χ1n) is 3.93. The van der Waals surface area contributed by atoms with Crippen LogP contribution in [-0.4, -0.2) is 0 Å². The molecule has 0 aromatic rings. The van der Waals surface area contributed by atoms with E-state index in [0.29, 0.717) is 0 Å². The molecular weight excluding hydrogens is 382 g/mol. The third kappa shape index (κ3) is 7.17. The Morgan fingerprint density at radius 2 is 1.31 bits per heavy atom. The molecule has 0 aliphatic heterocycles. The topological polar surface area (TPSA) is 0 Å². The van der Waals surface area contributed by atoms with Gasteiger partial charge in [-0.25, -0.2) is 0 Å². The third-order valence-corrected chi connectivity index (χ3v) is 3.37. The van der Waals surface area contributed by atoms with Crippen LogP contribution in [0.3, 0.4) is 0 Å². The molecule has 0 nitrogen and oxygen atoms in total. The van der Waals surface area contributed by atoms with Crippen molar-refractivity contribution in [2.45, 2.75) is 12.8 Å². The maximum absolute atomic E-state index is 2.18. The van der Waals surface area contributed by atoms with E-state index in [1.54, 1.807) is 56.0 Å². The first-order chi connectivity index (χ1) is 5.79. The zero-order valence-corrected chi connectivity index (χ0v) is 13.8. The molecule has 0 radical (unpaired) electrons. The molecule has 0 saturated heterocycles. The third-order valence-electron chi connectivity index (χ3n) is 1.54. The number of hydrogen-bond donors (Lipinski definition) is 0. The summed E-state index contributed by atoms with van der Waals surface area (Å²) in [5.74, 6) is 0. The molecular formula is C10H11BrZr2. The van der Waals surface area contributed by atoms with E-state index < -0.39 is 0 Å². The first kappa shape index (κ1) is 14.2. The van der Waals surface area contributed by atoms with Crippen LogP contribution in [0.1, 0.15) is 14.3 Å². The van der Waals surface area contributed by atoms with Crippen molar-refractivity contribution in [2.24, 2.45) is 0 Å². The minimum atomic E-state index is 0. The van der Waals surface area contributed by atoms with E-state index in [2.05, 4.69) is 36.5 Å². The van der Waals surface area contributed by atoms with Crippen molar-refractivity contribution < 1.29 is 67.8 Å². The molecule has 2 aliphatic rings. The summed E-state index contributed by atoms with van der Waals surface area (Å²) in [6.07, 6.45) is 15.4. The van der Waals surface area contributed by atoms with Crippen molar-refractivity contribution in [1.29, 1.82) is 0 Å². The van der Waals surface area contributed by atoms with Crippen molar-refractivity contribution in [3.63, 3.8) is 0 Å². The van der Waals surface area contributed by atoms with E-state index in [0.717, 1.165) is 0 Å². The van der Waals surface area contributed by atoms with Gasteiger partial charge < -0.3 is 18.4 Å². The van der Waals surface area contributed by atoms with Gasteiger partial charge in [0.25, 0.3) is 0 Å². The van der Waals surface area contributed by atoms with Gasteiger partial charge in [0, 0.05) is 0 Å². The fourth-order valence-electron chi connectivity index (χ4n) is 0.894. The Hall–Kier alpha value is 1.21. The van der Waals surface area contributed by atoms with Crippen molar-refractivity contribution in [3.8, 4) is 0 Å². The van der Waals surface area contributed by atoms with Crippen LogP contribution in [0.15, 0.2) is 43.0 Å². The molecule has 2 aliphatic carbocycles. The van der Waals surface area contributed by atoms with Gasteiger partial charge >= 0.3 is 105 Å². The summed E-state index contributed by atoms with van der Waals surface area (Å²) in [5.41, 5.74) is 0. The average molecular weight is 394 g/mol. The molecule has 66 valence electrons. The van der Waals surface area contributed by atoms with Gasteiger partial charge in [0.15, 0.2) is 0 Å². The molecule has 2 rings (SSSR count). The fourth-order valence-corrected chi connectivity index (χ4v) is 1.95. The van der Waals surface area contributed by atoms with E-state index in [9.17, 15) is 0 Å². The Morgan fingerprint density at radius 1 is 0.923 bits per heavy atom. The van der Waals surface area contributed by atoms with Gasteiger partial charge in [0.05, 0.1) is 0 Å². The second-order valence-corrected chi connectivity index (χ2v) is 5.81. The van der Waals surface area contributed by atoms with Crippen molar-refractivity contribution in [3.05, 3.63) is 43.0 Å². The second kappa shape index (κ2) is 8.51. The predicted molar refractivity (Wildman–Crippen MR) is 44.8 cm³/mol. The van der Waals surface area contributed by atoms with Crippen molar-refractivity contribution in [1.82, 2.24) is 0 Å². The monoisotopic (exact) mass is 390 g/mol.